The Labute approximate surface area is 213 Å². The number of amides is 1. The van der Waals surface area contributed by atoms with E-state index in [9.17, 15) is 9.18 Å². The number of hydrogen-bond donors (Lipinski definition) is 3. The van der Waals surface area contributed by atoms with E-state index in [1.165, 1.54) is 18.5 Å². The van der Waals surface area contributed by atoms with Gasteiger partial charge in [-0.3, -0.25) is 4.79 Å². The highest BCUT2D eigenvalue weighted by atomic mass is 35.5. The van der Waals surface area contributed by atoms with E-state index in [1.807, 2.05) is 6.92 Å². The number of fused-ring (bicyclic) bond motifs is 1. The average molecular weight is 510 g/mol. The van der Waals surface area contributed by atoms with Gasteiger partial charge >= 0.3 is 0 Å². The second-order valence-corrected chi connectivity index (χ2v) is 8.38. The molecule has 3 N–H and O–H groups in total. The first kappa shape index (κ1) is 25.4. The third-order valence-corrected chi connectivity index (χ3v) is 5.74. The van der Waals surface area contributed by atoms with Gasteiger partial charge in [0.2, 0.25) is 5.91 Å². The fourth-order valence-corrected chi connectivity index (χ4v) is 3.82. The molecule has 2 heterocycles. The number of nitrogens with zero attached hydrogens (tertiary/aromatic N) is 2. The van der Waals surface area contributed by atoms with Crippen molar-refractivity contribution < 1.29 is 18.7 Å². The Morgan fingerprint density at radius 3 is 2.94 bits per heavy atom. The van der Waals surface area contributed by atoms with E-state index in [2.05, 4.69) is 31.8 Å². The van der Waals surface area contributed by atoms with Crippen molar-refractivity contribution in [2.75, 3.05) is 36.9 Å². The molecule has 0 saturated carbocycles. The lowest BCUT2D eigenvalue weighted by molar-refractivity contribution is -0.111. The standard InChI is InChI=1S/C26H25ClFN5O3/c1-3-16-10-22(20(28)12-19(16)27)33-26-18-11-23(32-25(34)6-5-8-29-4-2)24(13-21(18)30-15-31-26)36-17-7-9-35-14-17/h1,5-6,10-13,15,17,29H,4,7-9,14H2,2H3,(H,32,34)(H,30,31,33). The Bertz CT molecular complexity index is 1340. The lowest BCUT2D eigenvalue weighted by Gasteiger charge is -2.18. The van der Waals surface area contributed by atoms with Gasteiger partial charge in [-0.25, -0.2) is 14.4 Å². The van der Waals surface area contributed by atoms with Crippen LogP contribution >= 0.6 is 11.6 Å². The summed E-state index contributed by atoms with van der Waals surface area (Å²) in [6, 6.07) is 5.97. The maximum atomic E-state index is 14.6. The number of nitrogens with one attached hydrogen (secondary N) is 3. The highest BCUT2D eigenvalue weighted by Crippen LogP contribution is 2.35. The maximum Gasteiger partial charge on any atom is 0.248 e. The Morgan fingerprint density at radius 1 is 1.33 bits per heavy atom. The van der Waals surface area contributed by atoms with Crippen molar-refractivity contribution in [3.8, 4) is 18.1 Å². The van der Waals surface area contributed by atoms with E-state index in [-0.39, 0.29) is 22.7 Å². The molecule has 36 heavy (non-hydrogen) atoms. The normalized spacial score (nSPS) is 15.2. The van der Waals surface area contributed by atoms with Crippen molar-refractivity contribution in [3.63, 3.8) is 0 Å². The van der Waals surface area contributed by atoms with Crippen LogP contribution in [0.25, 0.3) is 10.9 Å². The molecule has 0 radical (unpaired) electrons. The van der Waals surface area contributed by atoms with Crippen molar-refractivity contribution >= 4 is 45.6 Å². The van der Waals surface area contributed by atoms with Crippen LogP contribution in [0, 0.1) is 18.2 Å². The van der Waals surface area contributed by atoms with Gasteiger partial charge in [-0.15, -0.1) is 6.42 Å². The second-order valence-electron chi connectivity index (χ2n) is 7.97. The Hall–Kier alpha value is -3.71. The fourth-order valence-electron chi connectivity index (χ4n) is 3.62. The molecule has 1 atom stereocenters. The van der Waals surface area contributed by atoms with Gasteiger partial charge in [-0.05, 0) is 24.7 Å². The van der Waals surface area contributed by atoms with Gasteiger partial charge in [-0.2, -0.15) is 0 Å². The summed E-state index contributed by atoms with van der Waals surface area (Å²) in [5.74, 6) is 2.27. The number of rotatable bonds is 9. The van der Waals surface area contributed by atoms with Crippen molar-refractivity contribution in [1.82, 2.24) is 15.3 Å². The molecule has 186 valence electrons. The minimum atomic E-state index is -0.591. The molecular formula is C26H25ClFN5O3. The van der Waals surface area contributed by atoms with Gasteiger partial charge in [0.25, 0.3) is 0 Å². The maximum absolute atomic E-state index is 14.6. The predicted molar refractivity (Wildman–Crippen MR) is 138 cm³/mol. The molecule has 0 aliphatic carbocycles. The van der Waals surface area contributed by atoms with Gasteiger partial charge in [-0.1, -0.05) is 30.5 Å². The largest absolute Gasteiger partial charge is 0.486 e. The number of terminal acetylenes is 1. The zero-order valence-corrected chi connectivity index (χ0v) is 20.4. The van der Waals surface area contributed by atoms with Crippen molar-refractivity contribution in [2.45, 2.75) is 19.4 Å². The van der Waals surface area contributed by atoms with Crippen LogP contribution in [-0.2, 0) is 9.53 Å². The van der Waals surface area contributed by atoms with Crippen molar-refractivity contribution in [3.05, 3.63) is 59.1 Å². The van der Waals surface area contributed by atoms with Crippen LogP contribution in [0.4, 0.5) is 21.6 Å². The summed E-state index contributed by atoms with van der Waals surface area (Å²) in [4.78, 5) is 21.2. The number of aromatic nitrogens is 2. The molecule has 1 aliphatic rings. The lowest BCUT2D eigenvalue weighted by Crippen LogP contribution is -2.18. The van der Waals surface area contributed by atoms with Crippen LogP contribution in [0.5, 0.6) is 5.75 Å². The van der Waals surface area contributed by atoms with Crippen LogP contribution in [0.15, 0.2) is 42.7 Å². The molecule has 8 nitrogen and oxygen atoms in total. The van der Waals surface area contributed by atoms with E-state index in [4.69, 9.17) is 27.5 Å². The first-order valence-electron chi connectivity index (χ1n) is 11.4. The summed E-state index contributed by atoms with van der Waals surface area (Å²) in [6.07, 6.45) is 10.6. The number of halogens is 2. The van der Waals surface area contributed by atoms with E-state index < -0.39 is 5.82 Å². The van der Waals surface area contributed by atoms with E-state index in [0.29, 0.717) is 53.5 Å². The van der Waals surface area contributed by atoms with Gasteiger partial charge in [0.05, 0.1) is 35.1 Å². The van der Waals surface area contributed by atoms with Crippen LogP contribution in [0.1, 0.15) is 18.9 Å². The molecule has 1 aromatic heterocycles. The topological polar surface area (TPSA) is 97.4 Å². The van der Waals surface area contributed by atoms with Crippen LogP contribution in [0.2, 0.25) is 5.02 Å². The molecule has 1 fully saturated rings. The summed E-state index contributed by atoms with van der Waals surface area (Å²) in [7, 11) is 0. The summed E-state index contributed by atoms with van der Waals surface area (Å²) in [5, 5.41) is 9.62. The molecule has 0 bridgehead atoms. The SMILES string of the molecule is C#Cc1cc(Nc2ncnc3cc(OC4CCOC4)c(NC(=O)C=CCNCC)cc23)c(F)cc1Cl. The van der Waals surface area contributed by atoms with Gasteiger partial charge in [0.1, 0.15) is 29.8 Å². The van der Waals surface area contributed by atoms with E-state index in [0.717, 1.165) is 19.0 Å². The summed E-state index contributed by atoms with van der Waals surface area (Å²) in [5.41, 5.74) is 1.40. The van der Waals surface area contributed by atoms with E-state index in [1.54, 1.807) is 18.2 Å². The Morgan fingerprint density at radius 2 is 2.19 bits per heavy atom. The van der Waals surface area contributed by atoms with Crippen LogP contribution < -0.4 is 20.7 Å². The highest BCUT2D eigenvalue weighted by Gasteiger charge is 2.21. The number of carbonyl (C=O) groups is 1. The van der Waals surface area contributed by atoms with Gasteiger partial charge < -0.3 is 25.4 Å². The smallest absolute Gasteiger partial charge is 0.248 e. The predicted octanol–water partition coefficient (Wildman–Crippen LogP) is 4.42. The molecule has 1 aliphatic heterocycles. The number of hydrogen-bond acceptors (Lipinski definition) is 7. The molecular weight excluding hydrogens is 485 g/mol. The first-order chi connectivity index (χ1) is 17.5. The van der Waals surface area contributed by atoms with E-state index >= 15 is 0 Å². The zero-order chi connectivity index (χ0) is 25.5. The third kappa shape index (κ3) is 6.10. The highest BCUT2D eigenvalue weighted by molar-refractivity contribution is 6.31. The van der Waals surface area contributed by atoms with Crippen LogP contribution in [0.3, 0.4) is 0 Å². The minimum absolute atomic E-state index is 0.104. The zero-order valence-electron chi connectivity index (χ0n) is 19.6. The number of anilines is 3. The fraction of sp³-hybridized carbons (Fsp3) is 0.269. The Balaban J connectivity index is 1.70. The van der Waals surface area contributed by atoms with Gasteiger partial charge in [0, 0.05) is 36.1 Å². The molecule has 1 amide bonds. The number of carbonyl (C=O) groups excluding carboxylic acids is 1. The first-order valence-corrected chi connectivity index (χ1v) is 11.8. The lowest BCUT2D eigenvalue weighted by atomic mass is 10.1. The summed E-state index contributed by atoms with van der Waals surface area (Å²) >= 11 is 6.00. The summed E-state index contributed by atoms with van der Waals surface area (Å²) in [6.45, 7) is 4.41. The van der Waals surface area contributed by atoms with Crippen molar-refractivity contribution in [2.24, 2.45) is 0 Å². The van der Waals surface area contributed by atoms with Gasteiger partial charge in [0.15, 0.2) is 0 Å². The molecule has 10 heteroatoms. The monoisotopic (exact) mass is 509 g/mol. The molecule has 0 spiro atoms. The number of likely N-dealkylation sites (N-methyl/N-ethyl adjacent to an activating group) is 1. The molecule has 3 aromatic rings. The quantitative estimate of drug-likeness (QED) is 0.223. The number of ether oxygens (including phenoxy) is 2. The Kier molecular flexibility index (Phi) is 8.33. The second kappa shape index (κ2) is 11.8. The molecule has 1 unspecified atom stereocenters. The third-order valence-electron chi connectivity index (χ3n) is 5.42. The van der Waals surface area contributed by atoms with Crippen LogP contribution in [-0.4, -0.2) is 48.3 Å². The minimum Gasteiger partial charge on any atom is -0.486 e. The summed E-state index contributed by atoms with van der Waals surface area (Å²) < 4.78 is 26.1. The molecule has 1 saturated heterocycles. The average Bonchev–Trinajstić information content (AvgIpc) is 3.37. The molecule has 2 aromatic carbocycles. The number of benzene rings is 2. The molecule has 4 rings (SSSR count). The van der Waals surface area contributed by atoms with Crippen molar-refractivity contribution in [1.29, 1.82) is 0 Å².